The molecule has 30 heavy (non-hydrogen) atoms. The molecule has 3 N–H and O–H groups in total. The van der Waals surface area contributed by atoms with E-state index in [0.29, 0.717) is 5.69 Å². The molecule has 0 saturated heterocycles. The summed E-state index contributed by atoms with van der Waals surface area (Å²) in [7, 11) is -7.47. The normalized spacial score (nSPS) is 11.5. The number of carbonyl (C=O) groups excluding carboxylic acids is 1. The van der Waals surface area contributed by atoms with E-state index in [9.17, 15) is 21.6 Å². The smallest absolute Gasteiger partial charge is 0.264 e. The molecule has 12 heteroatoms. The van der Waals surface area contributed by atoms with Crippen LogP contribution in [0.4, 0.5) is 17.3 Å². The minimum Gasteiger partial charge on any atom is -0.322 e. The number of nitrogens with zero attached hydrogens (tertiary/aromatic N) is 2. The highest BCUT2D eigenvalue weighted by Gasteiger charge is 2.17. The number of hydrogen-bond donors (Lipinski definition) is 3. The van der Waals surface area contributed by atoms with E-state index in [0.717, 1.165) is 6.26 Å². The fourth-order valence-corrected chi connectivity index (χ4v) is 3.95. The summed E-state index contributed by atoms with van der Waals surface area (Å²) in [6, 6.07) is 13.1. The van der Waals surface area contributed by atoms with Crippen molar-refractivity contribution in [2.45, 2.75) is 4.90 Å². The number of sulfonamides is 2. The highest BCUT2D eigenvalue weighted by atomic mass is 32.2. The van der Waals surface area contributed by atoms with E-state index in [1.54, 1.807) is 18.2 Å². The molecule has 1 heterocycles. The van der Waals surface area contributed by atoms with Crippen molar-refractivity contribution in [3.63, 3.8) is 0 Å². The molecule has 0 aliphatic heterocycles. The zero-order valence-corrected chi connectivity index (χ0v) is 17.2. The van der Waals surface area contributed by atoms with E-state index < -0.39 is 26.0 Å². The minimum atomic E-state index is -3.90. The molecule has 3 aromatic rings. The monoisotopic (exact) mass is 447 g/mol. The van der Waals surface area contributed by atoms with Gasteiger partial charge >= 0.3 is 0 Å². The number of para-hydroxylation sites is 1. The third-order valence-corrected chi connectivity index (χ3v) is 5.62. The van der Waals surface area contributed by atoms with E-state index >= 15 is 0 Å². The number of rotatable bonds is 7. The van der Waals surface area contributed by atoms with Crippen LogP contribution in [0.2, 0.25) is 0 Å². The van der Waals surface area contributed by atoms with Crippen LogP contribution >= 0.6 is 0 Å². The maximum atomic E-state index is 12.6. The molecular formula is C18H17N5O5S2. The average molecular weight is 447 g/mol. The van der Waals surface area contributed by atoms with E-state index in [1.165, 1.54) is 48.8 Å². The van der Waals surface area contributed by atoms with Crippen molar-refractivity contribution in [1.29, 1.82) is 0 Å². The van der Waals surface area contributed by atoms with Gasteiger partial charge in [-0.25, -0.2) is 31.5 Å². The molecule has 1 amide bonds. The van der Waals surface area contributed by atoms with Crippen molar-refractivity contribution < 1.29 is 21.6 Å². The summed E-state index contributed by atoms with van der Waals surface area (Å²) < 4.78 is 52.3. The Morgan fingerprint density at radius 2 is 1.47 bits per heavy atom. The molecule has 0 fully saturated rings. The fourth-order valence-electron chi connectivity index (χ4n) is 2.42. The first-order valence-corrected chi connectivity index (χ1v) is 11.8. The van der Waals surface area contributed by atoms with Crippen molar-refractivity contribution in [3.8, 4) is 0 Å². The lowest BCUT2D eigenvalue weighted by molar-refractivity contribution is 0.102. The zero-order valence-electron chi connectivity index (χ0n) is 15.6. The van der Waals surface area contributed by atoms with Gasteiger partial charge in [-0.05, 0) is 42.5 Å². The number of benzene rings is 2. The third kappa shape index (κ3) is 5.52. The Morgan fingerprint density at radius 1 is 0.833 bits per heavy atom. The van der Waals surface area contributed by atoms with Crippen LogP contribution in [0, 0.1) is 0 Å². The van der Waals surface area contributed by atoms with Gasteiger partial charge in [0, 0.05) is 18.1 Å². The molecule has 2 aromatic carbocycles. The van der Waals surface area contributed by atoms with Crippen LogP contribution in [0.1, 0.15) is 10.4 Å². The van der Waals surface area contributed by atoms with Gasteiger partial charge in [-0.15, -0.1) is 0 Å². The molecule has 0 spiro atoms. The highest BCUT2D eigenvalue weighted by Crippen LogP contribution is 2.20. The summed E-state index contributed by atoms with van der Waals surface area (Å²) in [4.78, 5) is 20.1. The quantitative estimate of drug-likeness (QED) is 0.501. The maximum absolute atomic E-state index is 12.6. The third-order valence-electron chi connectivity index (χ3n) is 3.68. The van der Waals surface area contributed by atoms with Crippen LogP contribution in [0.5, 0.6) is 0 Å². The van der Waals surface area contributed by atoms with Gasteiger partial charge in [-0.1, -0.05) is 12.1 Å². The Bertz CT molecular complexity index is 1260. The second kappa shape index (κ2) is 8.47. The first kappa shape index (κ1) is 21.2. The minimum absolute atomic E-state index is 0.0490. The number of carbonyl (C=O) groups is 1. The Hall–Kier alpha value is -3.51. The lowest BCUT2D eigenvalue weighted by atomic mass is 10.1. The summed E-state index contributed by atoms with van der Waals surface area (Å²) >= 11 is 0. The molecule has 0 unspecified atom stereocenters. The predicted molar refractivity (Wildman–Crippen MR) is 112 cm³/mol. The lowest BCUT2D eigenvalue weighted by Crippen LogP contribution is -2.18. The number of hydrogen-bond acceptors (Lipinski definition) is 7. The molecule has 0 saturated carbocycles. The highest BCUT2D eigenvalue weighted by molar-refractivity contribution is 7.92. The van der Waals surface area contributed by atoms with Crippen molar-refractivity contribution in [2.75, 3.05) is 21.0 Å². The van der Waals surface area contributed by atoms with Gasteiger partial charge < -0.3 is 5.32 Å². The molecule has 0 atom stereocenters. The van der Waals surface area contributed by atoms with Crippen LogP contribution < -0.4 is 14.8 Å². The van der Waals surface area contributed by atoms with E-state index in [2.05, 4.69) is 24.7 Å². The van der Waals surface area contributed by atoms with Crippen molar-refractivity contribution in [3.05, 3.63) is 72.6 Å². The van der Waals surface area contributed by atoms with Gasteiger partial charge in [-0.3, -0.25) is 9.52 Å². The second-order valence-electron chi connectivity index (χ2n) is 6.08. The van der Waals surface area contributed by atoms with Gasteiger partial charge in [0.05, 0.1) is 22.4 Å². The van der Waals surface area contributed by atoms with Crippen molar-refractivity contribution in [2.24, 2.45) is 0 Å². The second-order valence-corrected chi connectivity index (χ2v) is 9.51. The zero-order chi connectivity index (χ0) is 21.8. The summed E-state index contributed by atoms with van der Waals surface area (Å²) in [5.74, 6) is -0.627. The molecular weight excluding hydrogens is 430 g/mol. The largest absolute Gasteiger partial charge is 0.322 e. The summed E-state index contributed by atoms with van der Waals surface area (Å²) in [6.45, 7) is 0. The van der Waals surface area contributed by atoms with Gasteiger partial charge in [0.15, 0.2) is 0 Å². The van der Waals surface area contributed by atoms with E-state index in [1.807, 2.05) is 0 Å². The molecule has 1 aromatic heterocycles. The summed E-state index contributed by atoms with van der Waals surface area (Å²) in [5.41, 5.74) is 0.565. The van der Waals surface area contributed by atoms with Crippen LogP contribution in [-0.4, -0.2) is 39.0 Å². The maximum Gasteiger partial charge on any atom is 0.264 e. The average Bonchev–Trinajstić information content (AvgIpc) is 2.68. The van der Waals surface area contributed by atoms with Gasteiger partial charge in [0.2, 0.25) is 16.0 Å². The molecule has 10 nitrogen and oxygen atoms in total. The molecule has 156 valence electrons. The first-order valence-electron chi connectivity index (χ1n) is 8.42. The van der Waals surface area contributed by atoms with Crippen molar-refractivity contribution >= 4 is 43.3 Å². The number of anilines is 3. The number of amides is 1. The van der Waals surface area contributed by atoms with Crippen LogP contribution in [0.3, 0.4) is 0 Å². The molecule has 0 aliphatic rings. The Labute approximate surface area is 173 Å². The van der Waals surface area contributed by atoms with Crippen molar-refractivity contribution in [1.82, 2.24) is 9.97 Å². The SMILES string of the molecule is CS(=O)(=O)Nc1ccccc1C(=O)Nc1ccc(S(=O)(=O)Nc2ncccn2)cc1. The standard InChI is InChI=1S/C18H17N5O5S2/c1-29(25,26)22-16-6-3-2-5-15(16)17(24)21-13-7-9-14(10-8-13)30(27,28)23-18-19-11-4-12-20-18/h2-12,22H,1H3,(H,21,24)(H,19,20,23). The fraction of sp³-hybridized carbons (Fsp3) is 0.0556. The number of aromatic nitrogens is 2. The topological polar surface area (TPSA) is 147 Å². The van der Waals surface area contributed by atoms with Crippen LogP contribution in [0.15, 0.2) is 71.9 Å². The summed E-state index contributed by atoms with van der Waals surface area (Å²) in [6.07, 6.45) is 3.79. The molecule has 0 bridgehead atoms. The van der Waals surface area contributed by atoms with Crippen LogP contribution in [-0.2, 0) is 20.0 Å². The van der Waals surface area contributed by atoms with Gasteiger partial charge in [-0.2, -0.15) is 0 Å². The number of nitrogens with one attached hydrogen (secondary N) is 3. The first-order chi connectivity index (χ1) is 14.1. The summed E-state index contributed by atoms with van der Waals surface area (Å²) in [5, 5.41) is 2.60. The van der Waals surface area contributed by atoms with E-state index in [4.69, 9.17) is 0 Å². The predicted octanol–water partition coefficient (Wildman–Crippen LogP) is 1.90. The van der Waals surface area contributed by atoms with Gasteiger partial charge in [0.1, 0.15) is 0 Å². The Morgan fingerprint density at radius 3 is 2.10 bits per heavy atom. The van der Waals surface area contributed by atoms with Crippen LogP contribution in [0.25, 0.3) is 0 Å². The molecule has 0 aliphatic carbocycles. The Kier molecular flexibility index (Phi) is 5.99. The molecule has 3 rings (SSSR count). The Balaban J connectivity index is 1.76. The lowest BCUT2D eigenvalue weighted by Gasteiger charge is -2.11. The van der Waals surface area contributed by atoms with E-state index in [-0.39, 0.29) is 22.1 Å². The molecule has 0 radical (unpaired) electrons. The van der Waals surface area contributed by atoms with Gasteiger partial charge in [0.25, 0.3) is 15.9 Å².